The van der Waals surface area contributed by atoms with Gasteiger partial charge in [-0.3, -0.25) is 9.10 Å². The first-order valence-corrected chi connectivity index (χ1v) is 12.0. The van der Waals surface area contributed by atoms with E-state index in [4.69, 9.17) is 4.74 Å². The number of hydrogen-bond donors (Lipinski definition) is 1. The van der Waals surface area contributed by atoms with Gasteiger partial charge in [0.15, 0.2) is 0 Å². The first kappa shape index (κ1) is 23.3. The Kier molecular flexibility index (Phi) is 7.89. The number of rotatable bonds is 10. The highest BCUT2D eigenvalue weighted by Gasteiger charge is 2.28. The van der Waals surface area contributed by atoms with Crippen LogP contribution in [0.1, 0.15) is 31.9 Å². The van der Waals surface area contributed by atoms with Crippen LogP contribution in [-0.2, 0) is 14.8 Å². The molecule has 0 bridgehead atoms. The number of benzene rings is 3. The van der Waals surface area contributed by atoms with Crippen molar-refractivity contribution in [3.05, 3.63) is 90.5 Å². The van der Waals surface area contributed by atoms with Gasteiger partial charge in [-0.05, 0) is 55.3 Å². The van der Waals surface area contributed by atoms with E-state index in [1.807, 2.05) is 44.2 Å². The normalized spacial score (nSPS) is 12.1. The number of anilines is 1. The van der Waals surface area contributed by atoms with Gasteiger partial charge in [0.2, 0.25) is 5.91 Å². The topological polar surface area (TPSA) is 75.7 Å². The van der Waals surface area contributed by atoms with E-state index < -0.39 is 10.0 Å². The van der Waals surface area contributed by atoms with Crippen LogP contribution >= 0.6 is 0 Å². The molecule has 1 amide bonds. The molecule has 0 radical (unpaired) electrons. The summed E-state index contributed by atoms with van der Waals surface area (Å²) in [6, 6.07) is 24.3. The van der Waals surface area contributed by atoms with Gasteiger partial charge >= 0.3 is 0 Å². The Hall–Kier alpha value is -3.32. The first-order valence-electron chi connectivity index (χ1n) is 10.6. The molecule has 0 fully saturated rings. The van der Waals surface area contributed by atoms with Gasteiger partial charge < -0.3 is 10.1 Å². The Morgan fingerprint density at radius 2 is 1.50 bits per heavy atom. The third-order valence-corrected chi connectivity index (χ3v) is 6.79. The number of nitrogens with zero attached hydrogens (tertiary/aromatic N) is 1. The summed E-state index contributed by atoms with van der Waals surface area (Å²) in [7, 11) is -3.97. The van der Waals surface area contributed by atoms with E-state index in [0.717, 1.165) is 9.87 Å². The maximum Gasteiger partial charge on any atom is 0.264 e. The monoisotopic (exact) mass is 452 g/mol. The number of nitrogens with one attached hydrogen (secondary N) is 1. The van der Waals surface area contributed by atoms with Crippen LogP contribution in [0.5, 0.6) is 5.75 Å². The summed E-state index contributed by atoms with van der Waals surface area (Å²) in [5.41, 5.74) is 1.40. The molecule has 3 rings (SSSR count). The van der Waals surface area contributed by atoms with E-state index in [9.17, 15) is 13.2 Å². The van der Waals surface area contributed by atoms with Crippen molar-refractivity contribution >= 4 is 21.6 Å². The Morgan fingerprint density at radius 3 is 2.06 bits per heavy atom. The minimum absolute atomic E-state index is 0.0905. The molecule has 0 unspecified atom stereocenters. The predicted octanol–water partition coefficient (Wildman–Crippen LogP) is 4.55. The molecule has 0 saturated heterocycles. The van der Waals surface area contributed by atoms with E-state index >= 15 is 0 Å². The van der Waals surface area contributed by atoms with Crippen LogP contribution in [0, 0.1) is 0 Å². The van der Waals surface area contributed by atoms with E-state index in [1.54, 1.807) is 42.5 Å². The van der Waals surface area contributed by atoms with Crippen molar-refractivity contribution in [2.75, 3.05) is 17.5 Å². The molecular weight excluding hydrogens is 424 g/mol. The largest absolute Gasteiger partial charge is 0.494 e. The number of carbonyl (C=O) groups is 1. The zero-order chi connectivity index (χ0) is 23.0. The van der Waals surface area contributed by atoms with Gasteiger partial charge in [0, 0.05) is 0 Å². The van der Waals surface area contributed by atoms with Gasteiger partial charge in [-0.15, -0.1) is 0 Å². The van der Waals surface area contributed by atoms with Gasteiger partial charge in [0.25, 0.3) is 10.0 Å². The Labute approximate surface area is 189 Å². The fraction of sp³-hybridized carbons (Fsp3) is 0.240. The van der Waals surface area contributed by atoms with Crippen molar-refractivity contribution in [1.82, 2.24) is 5.32 Å². The quantitative estimate of drug-likeness (QED) is 0.490. The van der Waals surface area contributed by atoms with Crippen molar-refractivity contribution in [2.45, 2.75) is 31.2 Å². The lowest BCUT2D eigenvalue weighted by Gasteiger charge is -2.25. The predicted molar refractivity (Wildman–Crippen MR) is 126 cm³/mol. The second-order valence-electron chi connectivity index (χ2n) is 7.19. The van der Waals surface area contributed by atoms with Gasteiger partial charge in [-0.2, -0.15) is 0 Å². The second-order valence-corrected chi connectivity index (χ2v) is 9.05. The van der Waals surface area contributed by atoms with Crippen LogP contribution < -0.4 is 14.4 Å². The molecule has 0 saturated carbocycles. The van der Waals surface area contributed by atoms with Gasteiger partial charge in [-0.25, -0.2) is 8.42 Å². The number of para-hydroxylation sites is 1. The molecule has 1 N–H and O–H groups in total. The highest BCUT2D eigenvalue weighted by atomic mass is 32.2. The number of carbonyl (C=O) groups excluding carboxylic acids is 1. The van der Waals surface area contributed by atoms with E-state index in [2.05, 4.69) is 5.32 Å². The van der Waals surface area contributed by atoms with Gasteiger partial charge in [0.05, 0.1) is 23.2 Å². The molecule has 6 nitrogen and oxygen atoms in total. The minimum atomic E-state index is -3.97. The average Bonchev–Trinajstić information content (AvgIpc) is 2.82. The third-order valence-electron chi connectivity index (χ3n) is 5.00. The Morgan fingerprint density at radius 1 is 0.906 bits per heavy atom. The molecule has 0 spiro atoms. The fourth-order valence-electron chi connectivity index (χ4n) is 3.39. The van der Waals surface area contributed by atoms with Crippen LogP contribution in [0.3, 0.4) is 0 Å². The molecule has 0 aliphatic rings. The molecule has 7 heteroatoms. The molecule has 0 aromatic heterocycles. The molecule has 0 heterocycles. The van der Waals surface area contributed by atoms with Crippen LogP contribution in [0.15, 0.2) is 89.8 Å². The van der Waals surface area contributed by atoms with Crippen molar-refractivity contribution in [1.29, 1.82) is 0 Å². The number of hydrogen-bond acceptors (Lipinski definition) is 4. The molecule has 1 atom stereocenters. The molecule has 0 aliphatic heterocycles. The van der Waals surface area contributed by atoms with E-state index in [0.29, 0.717) is 24.5 Å². The summed E-state index contributed by atoms with van der Waals surface area (Å²) in [5, 5.41) is 2.97. The highest BCUT2D eigenvalue weighted by Crippen LogP contribution is 2.25. The second kappa shape index (κ2) is 10.8. The lowest BCUT2D eigenvalue weighted by Crippen LogP contribution is -2.42. The average molecular weight is 453 g/mol. The highest BCUT2D eigenvalue weighted by molar-refractivity contribution is 7.92. The number of ether oxygens (including phenoxy) is 1. The first-order chi connectivity index (χ1) is 15.5. The van der Waals surface area contributed by atoms with Gasteiger partial charge in [-0.1, -0.05) is 55.5 Å². The summed E-state index contributed by atoms with van der Waals surface area (Å²) in [4.78, 5) is 13.0. The maximum absolute atomic E-state index is 13.5. The summed E-state index contributed by atoms with van der Waals surface area (Å²) >= 11 is 0. The van der Waals surface area contributed by atoms with E-state index in [-0.39, 0.29) is 23.4 Å². The SMILES string of the molecule is CCOc1ccc(S(=O)(=O)N(CC(=O)N[C@H](CC)c2ccccc2)c2ccccc2)cc1. The maximum atomic E-state index is 13.5. The molecule has 3 aromatic rings. The van der Waals surface area contributed by atoms with Crippen LogP contribution in [0.4, 0.5) is 5.69 Å². The molecule has 0 aliphatic carbocycles. The third kappa shape index (κ3) is 5.68. The zero-order valence-electron chi connectivity index (χ0n) is 18.3. The van der Waals surface area contributed by atoms with Crippen molar-refractivity contribution < 1.29 is 17.9 Å². The van der Waals surface area contributed by atoms with Crippen LogP contribution in [-0.4, -0.2) is 27.5 Å². The zero-order valence-corrected chi connectivity index (χ0v) is 19.1. The Bertz CT molecular complexity index is 1100. The van der Waals surface area contributed by atoms with E-state index in [1.165, 1.54) is 12.1 Å². The van der Waals surface area contributed by atoms with Crippen LogP contribution in [0.25, 0.3) is 0 Å². The van der Waals surface area contributed by atoms with Crippen molar-refractivity contribution in [3.63, 3.8) is 0 Å². The molecule has 168 valence electrons. The lowest BCUT2D eigenvalue weighted by atomic mass is 10.0. The number of amides is 1. The lowest BCUT2D eigenvalue weighted by molar-refractivity contribution is -0.120. The number of sulfonamides is 1. The van der Waals surface area contributed by atoms with Crippen molar-refractivity contribution in [2.24, 2.45) is 0 Å². The van der Waals surface area contributed by atoms with Crippen molar-refractivity contribution in [3.8, 4) is 5.75 Å². The smallest absolute Gasteiger partial charge is 0.264 e. The molecular formula is C25H28N2O4S. The Balaban J connectivity index is 1.87. The van der Waals surface area contributed by atoms with Gasteiger partial charge in [0.1, 0.15) is 12.3 Å². The summed E-state index contributed by atoms with van der Waals surface area (Å²) in [6.07, 6.45) is 0.687. The molecule has 3 aromatic carbocycles. The molecule has 32 heavy (non-hydrogen) atoms. The minimum Gasteiger partial charge on any atom is -0.494 e. The fourth-order valence-corrected chi connectivity index (χ4v) is 4.81. The van der Waals surface area contributed by atoms with Crippen LogP contribution in [0.2, 0.25) is 0 Å². The standard InChI is InChI=1S/C25H28N2O4S/c1-3-24(20-11-7-5-8-12-20)26-25(28)19-27(21-13-9-6-10-14-21)32(29,30)23-17-15-22(16-18-23)31-4-2/h5-18,24H,3-4,19H2,1-2H3,(H,26,28)/t24-/m1/s1. The summed E-state index contributed by atoms with van der Waals surface area (Å²) in [6.45, 7) is 3.99. The summed E-state index contributed by atoms with van der Waals surface area (Å²) < 4.78 is 33.5. The summed E-state index contributed by atoms with van der Waals surface area (Å²) in [5.74, 6) is 0.211.